The molecule has 1 aliphatic heterocycles. The third-order valence-corrected chi connectivity index (χ3v) is 5.19. The third-order valence-electron chi connectivity index (χ3n) is 4.27. The lowest BCUT2D eigenvalue weighted by Crippen LogP contribution is -2.39. The van der Waals surface area contributed by atoms with Crippen LogP contribution >= 0.6 is 11.3 Å². The molecule has 6 heteroatoms. The standard InChI is InChI=1S/C20H17N3O2S/c1-13(14-7-3-5-10-17(14)24)22-23-19(18-11-6-12-26-18)21-16-9-4-2-8-15(16)20(23)25/h2-12,19,21,24H,1H3/b22-13+. The summed E-state index contributed by atoms with van der Waals surface area (Å²) in [4.78, 5) is 14.1. The summed E-state index contributed by atoms with van der Waals surface area (Å²) >= 11 is 1.56. The van der Waals surface area contributed by atoms with Crippen LogP contribution in [0.1, 0.15) is 33.9 Å². The molecule has 0 radical (unpaired) electrons. The molecule has 5 nitrogen and oxygen atoms in total. The van der Waals surface area contributed by atoms with Gasteiger partial charge in [-0.2, -0.15) is 5.10 Å². The summed E-state index contributed by atoms with van der Waals surface area (Å²) in [5.74, 6) is -0.0354. The Kier molecular flexibility index (Phi) is 4.18. The molecule has 2 heterocycles. The van der Waals surface area contributed by atoms with E-state index in [2.05, 4.69) is 10.4 Å². The molecule has 4 rings (SSSR count). The van der Waals surface area contributed by atoms with Gasteiger partial charge in [-0.3, -0.25) is 4.79 Å². The Labute approximate surface area is 155 Å². The molecular formula is C20H17N3O2S. The number of thiophene rings is 1. The maximum atomic E-state index is 13.1. The first-order valence-corrected chi connectivity index (χ1v) is 9.09. The van der Waals surface area contributed by atoms with E-state index in [0.29, 0.717) is 16.8 Å². The number of aromatic hydroxyl groups is 1. The minimum atomic E-state index is -0.391. The average molecular weight is 363 g/mol. The summed E-state index contributed by atoms with van der Waals surface area (Å²) in [5.41, 5.74) is 2.54. The van der Waals surface area contributed by atoms with Crippen LogP contribution in [0.4, 0.5) is 5.69 Å². The van der Waals surface area contributed by atoms with E-state index in [1.807, 2.05) is 41.8 Å². The zero-order chi connectivity index (χ0) is 18.1. The number of hydrazone groups is 1. The smallest absolute Gasteiger partial charge is 0.278 e. The molecule has 0 aliphatic carbocycles. The van der Waals surface area contributed by atoms with E-state index in [1.165, 1.54) is 5.01 Å². The zero-order valence-corrected chi connectivity index (χ0v) is 14.9. The number of amides is 1. The summed E-state index contributed by atoms with van der Waals surface area (Å²) in [7, 11) is 0. The zero-order valence-electron chi connectivity index (χ0n) is 14.1. The Morgan fingerprint density at radius 2 is 1.88 bits per heavy atom. The highest BCUT2D eigenvalue weighted by atomic mass is 32.1. The highest BCUT2D eigenvalue weighted by Gasteiger charge is 2.33. The molecule has 1 unspecified atom stereocenters. The Hall–Kier alpha value is -3.12. The molecule has 0 saturated carbocycles. The van der Waals surface area contributed by atoms with E-state index in [4.69, 9.17) is 0 Å². The van der Waals surface area contributed by atoms with Gasteiger partial charge in [-0.25, -0.2) is 5.01 Å². The van der Waals surface area contributed by atoms with Crippen molar-refractivity contribution in [2.45, 2.75) is 13.1 Å². The first-order valence-electron chi connectivity index (χ1n) is 8.21. The van der Waals surface area contributed by atoms with Crippen molar-refractivity contribution < 1.29 is 9.90 Å². The minimum Gasteiger partial charge on any atom is -0.507 e. The van der Waals surface area contributed by atoms with Crippen molar-refractivity contribution >= 4 is 28.6 Å². The quantitative estimate of drug-likeness (QED) is 0.676. The predicted octanol–water partition coefficient (Wildman–Crippen LogP) is 4.44. The van der Waals surface area contributed by atoms with E-state index < -0.39 is 6.17 Å². The van der Waals surface area contributed by atoms with Crippen LogP contribution < -0.4 is 5.32 Å². The Morgan fingerprint density at radius 3 is 2.65 bits per heavy atom. The molecule has 1 atom stereocenters. The highest BCUT2D eigenvalue weighted by Crippen LogP contribution is 2.35. The fraction of sp³-hybridized carbons (Fsp3) is 0.100. The lowest BCUT2D eigenvalue weighted by atomic mass is 10.1. The number of nitrogens with zero attached hydrogens (tertiary/aromatic N) is 2. The SMILES string of the molecule is C/C(=N\N1C(=O)c2ccccc2NC1c1cccs1)c1ccccc1O. The van der Waals surface area contributed by atoms with E-state index in [0.717, 1.165) is 10.6 Å². The molecule has 0 saturated heterocycles. The van der Waals surface area contributed by atoms with Crippen LogP contribution in [0.5, 0.6) is 5.75 Å². The topological polar surface area (TPSA) is 64.9 Å². The lowest BCUT2D eigenvalue weighted by molar-refractivity contribution is 0.0692. The molecule has 2 N–H and O–H groups in total. The molecule has 1 aliphatic rings. The van der Waals surface area contributed by atoms with Crippen LogP contribution in [0, 0.1) is 0 Å². The number of rotatable bonds is 3. The predicted molar refractivity (Wildman–Crippen MR) is 104 cm³/mol. The number of anilines is 1. The van der Waals surface area contributed by atoms with Crippen LogP contribution in [0.2, 0.25) is 0 Å². The van der Waals surface area contributed by atoms with Gasteiger partial charge >= 0.3 is 0 Å². The van der Waals surface area contributed by atoms with Gasteiger partial charge in [0.15, 0.2) is 6.17 Å². The molecule has 0 spiro atoms. The van der Waals surface area contributed by atoms with Crippen molar-refractivity contribution in [2.24, 2.45) is 5.10 Å². The van der Waals surface area contributed by atoms with Crippen molar-refractivity contribution in [3.63, 3.8) is 0 Å². The molecule has 3 aromatic rings. The molecule has 1 aromatic heterocycles. The fourth-order valence-electron chi connectivity index (χ4n) is 2.98. The molecule has 2 aromatic carbocycles. The third kappa shape index (κ3) is 2.84. The van der Waals surface area contributed by atoms with E-state index >= 15 is 0 Å². The number of para-hydroxylation sites is 2. The van der Waals surface area contributed by atoms with Gasteiger partial charge < -0.3 is 10.4 Å². The average Bonchev–Trinajstić information content (AvgIpc) is 3.18. The summed E-state index contributed by atoms with van der Waals surface area (Å²) in [5, 5.41) is 21.5. The normalized spacial score (nSPS) is 17.0. The van der Waals surface area contributed by atoms with Gasteiger partial charge in [0.2, 0.25) is 0 Å². The summed E-state index contributed by atoms with van der Waals surface area (Å²) in [6.07, 6.45) is -0.391. The molecule has 26 heavy (non-hydrogen) atoms. The first-order chi connectivity index (χ1) is 12.6. The Bertz CT molecular complexity index is 982. The van der Waals surface area contributed by atoms with Gasteiger partial charge in [-0.15, -0.1) is 11.3 Å². The maximum absolute atomic E-state index is 13.1. The largest absolute Gasteiger partial charge is 0.507 e. The van der Waals surface area contributed by atoms with Gasteiger partial charge in [-0.05, 0) is 42.6 Å². The number of nitrogens with one attached hydrogen (secondary N) is 1. The molecular weight excluding hydrogens is 346 g/mol. The number of phenolic OH excluding ortho intramolecular Hbond substituents is 1. The number of carbonyl (C=O) groups excluding carboxylic acids is 1. The lowest BCUT2D eigenvalue weighted by Gasteiger charge is -2.34. The van der Waals surface area contributed by atoms with Crippen molar-refractivity contribution in [2.75, 3.05) is 5.32 Å². The van der Waals surface area contributed by atoms with Crippen LogP contribution in [0.15, 0.2) is 71.1 Å². The van der Waals surface area contributed by atoms with E-state index in [9.17, 15) is 9.90 Å². The number of carbonyl (C=O) groups is 1. The second kappa shape index (κ2) is 6.65. The molecule has 130 valence electrons. The second-order valence-corrected chi connectivity index (χ2v) is 6.94. The molecule has 0 fully saturated rings. The minimum absolute atomic E-state index is 0.138. The molecule has 0 bridgehead atoms. The van der Waals surface area contributed by atoms with Crippen LogP contribution in [-0.4, -0.2) is 21.7 Å². The number of hydrogen-bond donors (Lipinski definition) is 2. The first kappa shape index (κ1) is 16.4. The summed E-state index contributed by atoms with van der Waals surface area (Å²) < 4.78 is 0. The van der Waals surface area contributed by atoms with Crippen LogP contribution in [-0.2, 0) is 0 Å². The number of phenols is 1. The van der Waals surface area contributed by atoms with Gasteiger partial charge in [0.25, 0.3) is 5.91 Å². The van der Waals surface area contributed by atoms with Crippen LogP contribution in [0.3, 0.4) is 0 Å². The van der Waals surface area contributed by atoms with Crippen LogP contribution in [0.25, 0.3) is 0 Å². The van der Waals surface area contributed by atoms with Crippen molar-refractivity contribution in [1.82, 2.24) is 5.01 Å². The summed E-state index contributed by atoms with van der Waals surface area (Å²) in [6.45, 7) is 1.79. The van der Waals surface area contributed by atoms with Crippen molar-refractivity contribution in [1.29, 1.82) is 0 Å². The van der Waals surface area contributed by atoms with E-state index in [-0.39, 0.29) is 11.7 Å². The fourth-order valence-corrected chi connectivity index (χ4v) is 3.74. The number of fused-ring (bicyclic) bond motifs is 1. The van der Waals surface area contributed by atoms with Gasteiger partial charge in [0.05, 0.1) is 11.3 Å². The summed E-state index contributed by atoms with van der Waals surface area (Å²) in [6, 6.07) is 18.3. The Morgan fingerprint density at radius 1 is 1.12 bits per heavy atom. The van der Waals surface area contributed by atoms with Crippen molar-refractivity contribution in [3.8, 4) is 5.75 Å². The van der Waals surface area contributed by atoms with Gasteiger partial charge in [0, 0.05) is 16.1 Å². The second-order valence-electron chi connectivity index (χ2n) is 5.96. The van der Waals surface area contributed by atoms with E-state index in [1.54, 1.807) is 42.5 Å². The number of hydrogen-bond acceptors (Lipinski definition) is 5. The van der Waals surface area contributed by atoms with Gasteiger partial charge in [-0.1, -0.05) is 30.3 Å². The van der Waals surface area contributed by atoms with Gasteiger partial charge in [0.1, 0.15) is 5.75 Å². The number of benzene rings is 2. The van der Waals surface area contributed by atoms with Crippen molar-refractivity contribution in [3.05, 3.63) is 82.0 Å². The highest BCUT2D eigenvalue weighted by molar-refractivity contribution is 7.10. The monoisotopic (exact) mass is 363 g/mol. The molecule has 1 amide bonds. The maximum Gasteiger partial charge on any atom is 0.278 e. The Balaban J connectivity index is 1.80.